The summed E-state index contributed by atoms with van der Waals surface area (Å²) in [5.74, 6) is 0. The molecule has 0 heterocycles. The lowest BCUT2D eigenvalue weighted by Crippen LogP contribution is -1.95. The van der Waals surface area contributed by atoms with Crippen LogP contribution in [0.2, 0.25) is 0 Å². The van der Waals surface area contributed by atoms with Crippen molar-refractivity contribution in [2.75, 3.05) is 13.1 Å². The zero-order valence-electron chi connectivity index (χ0n) is 22.4. The molecule has 0 aliphatic heterocycles. The van der Waals surface area contributed by atoms with Gasteiger partial charge in [0.1, 0.15) is 0 Å². The molecule has 56 valence electrons. The lowest BCUT2D eigenvalue weighted by molar-refractivity contribution is 0.128. The van der Waals surface area contributed by atoms with Gasteiger partial charge in [0.25, 0.3) is 0 Å². The second kappa shape index (κ2) is 7.96. The predicted molar refractivity (Wildman–Crippen MR) is 40.6 cm³/mol. The van der Waals surface area contributed by atoms with Crippen LogP contribution in [-0.4, -0.2) is 13.1 Å². The first kappa shape index (κ1) is 0.842. The van der Waals surface area contributed by atoms with Crippen LogP contribution in [0.25, 0.3) is 0 Å². The third-order valence-corrected chi connectivity index (χ3v) is 0.329. The number of rotatable bonds is 6. The molecule has 1 nitrogen and oxygen atoms in total. The minimum atomic E-state index is -4.15. The fourth-order valence-electron chi connectivity index (χ4n) is 0.128. The second-order valence-electron chi connectivity index (χ2n) is 0.806. The molecule has 0 aliphatic rings. The van der Waals surface area contributed by atoms with Gasteiger partial charge in [-0.2, -0.15) is 0 Å². The fourth-order valence-corrected chi connectivity index (χ4v) is 0.128. The summed E-state index contributed by atoms with van der Waals surface area (Å²) in [4.78, 5) is 0. The van der Waals surface area contributed by atoms with Gasteiger partial charge in [-0.25, -0.2) is 0 Å². The van der Waals surface area contributed by atoms with Crippen molar-refractivity contribution in [1.29, 1.82) is 0 Å². The Bertz CT molecular complexity index is 489. The highest BCUT2D eigenvalue weighted by Gasteiger charge is 1.84. The van der Waals surface area contributed by atoms with Gasteiger partial charge in [0.05, 0.1) is 5.48 Å². The lowest BCUT2D eigenvalue weighted by Gasteiger charge is -1.99. The molecule has 0 aliphatic carbocycles. The van der Waals surface area contributed by atoms with Crippen molar-refractivity contribution < 1.29 is 29.4 Å². The normalized spacial score (nSPS) is 52.0. The van der Waals surface area contributed by atoms with E-state index in [1.807, 2.05) is 0 Å². The molecule has 0 amide bonds. The Morgan fingerprint density at radius 2 is 1.78 bits per heavy atom. The van der Waals surface area contributed by atoms with Gasteiger partial charge in [-0.3, -0.25) is 0 Å². The van der Waals surface area contributed by atoms with E-state index in [-0.39, 0.29) is 0 Å². The highest BCUT2D eigenvalue weighted by Crippen LogP contribution is 1.91. The van der Waals surface area contributed by atoms with Crippen LogP contribution in [0.4, 0.5) is 0 Å². The van der Waals surface area contributed by atoms with E-state index in [1.54, 1.807) is 0 Å². The standard InChI is InChI=1S/C8H18O/c1-3-5-7-9-8-6-4-2/h3-8H2,1-2H3/i1D3,2D3,3D2,4D2,5D2,6D2,7D2,8D2. The van der Waals surface area contributed by atoms with Crippen LogP contribution in [0.5, 0.6) is 0 Å². The van der Waals surface area contributed by atoms with Gasteiger partial charge in [-0.1, -0.05) is 26.4 Å². The molecular weight excluding hydrogens is 112 g/mol. The Morgan fingerprint density at radius 3 is 2.22 bits per heavy atom. The third kappa shape index (κ3) is 7.96. The molecule has 0 saturated heterocycles. The summed E-state index contributed by atoms with van der Waals surface area (Å²) in [5, 5.41) is 0. The van der Waals surface area contributed by atoms with Crippen molar-refractivity contribution in [3.8, 4) is 0 Å². The Morgan fingerprint density at radius 1 is 1.22 bits per heavy atom. The molecule has 0 radical (unpaired) electrons. The molecule has 0 bridgehead atoms. The molecule has 0 aromatic carbocycles. The topological polar surface area (TPSA) is 9.23 Å². The van der Waals surface area contributed by atoms with E-state index in [1.165, 1.54) is 0 Å². The molecule has 0 spiro atoms. The summed E-state index contributed by atoms with van der Waals surface area (Å²) in [7, 11) is 0. The lowest BCUT2D eigenvalue weighted by atomic mass is 10.3. The Labute approximate surface area is 83.7 Å². The monoisotopic (exact) mass is 148 g/mol. The first-order chi connectivity index (χ1) is 11.2. The molecule has 0 saturated carbocycles. The maximum atomic E-state index is 7.49. The van der Waals surface area contributed by atoms with Crippen molar-refractivity contribution in [3.63, 3.8) is 0 Å². The average molecular weight is 148 g/mol. The van der Waals surface area contributed by atoms with Crippen LogP contribution >= 0.6 is 0 Å². The van der Waals surface area contributed by atoms with Crippen LogP contribution in [0, 0.1) is 0 Å². The van der Waals surface area contributed by atoms with E-state index in [9.17, 15) is 0 Å². The van der Waals surface area contributed by atoms with Gasteiger partial charge in [0.2, 0.25) is 0 Å². The molecule has 1 heteroatoms. The summed E-state index contributed by atoms with van der Waals surface area (Å²) >= 11 is 0. The molecular formula is C8H18O. The number of ether oxygens (including phenoxy) is 1. The minimum Gasteiger partial charge on any atom is -0.381 e. The summed E-state index contributed by atoms with van der Waals surface area (Å²) in [6.45, 7) is -15.8. The van der Waals surface area contributed by atoms with Crippen molar-refractivity contribution in [2.24, 2.45) is 0 Å². The van der Waals surface area contributed by atoms with Gasteiger partial charge in [0.15, 0.2) is 0 Å². The Hall–Kier alpha value is -0.0400. The SMILES string of the molecule is [2H]C([2H])([2H])C([2H])([2H])C([2H])([2H])C([2H])([2H])OC([2H])([2H])C([2H])([2H])C([2H])([2H])C([2H])([2H])[2H]. The smallest absolute Gasteiger partial charge is 0.0567 e. The maximum absolute atomic E-state index is 7.49. The average Bonchev–Trinajstić information content (AvgIpc) is 2.33. The van der Waals surface area contributed by atoms with Gasteiger partial charge < -0.3 is 4.74 Å². The van der Waals surface area contributed by atoms with E-state index < -0.39 is 52.3 Å². The van der Waals surface area contributed by atoms with Crippen LogP contribution in [0.3, 0.4) is 0 Å². The summed E-state index contributed by atoms with van der Waals surface area (Å²) in [6, 6.07) is 0. The van der Waals surface area contributed by atoms with E-state index in [0.29, 0.717) is 0 Å². The van der Waals surface area contributed by atoms with E-state index in [4.69, 9.17) is 24.7 Å². The predicted octanol–water partition coefficient (Wildman–Crippen LogP) is 2.60. The first-order valence-corrected chi connectivity index (χ1v) is 1.91. The van der Waals surface area contributed by atoms with E-state index in [0.717, 1.165) is 0 Å². The zero-order chi connectivity index (χ0) is 22.7. The summed E-state index contributed by atoms with van der Waals surface area (Å²) in [6.07, 6.45) is -16.0. The molecule has 0 unspecified atom stereocenters. The number of hydrogen-bond donors (Lipinski definition) is 0. The van der Waals surface area contributed by atoms with Crippen molar-refractivity contribution >= 4 is 0 Å². The second-order valence-corrected chi connectivity index (χ2v) is 0.806. The van der Waals surface area contributed by atoms with Gasteiger partial charge in [0, 0.05) is 32.3 Å². The molecule has 0 N–H and O–H groups in total. The molecule has 9 heavy (non-hydrogen) atoms. The van der Waals surface area contributed by atoms with Gasteiger partial charge in [-0.15, -0.1) is 0 Å². The van der Waals surface area contributed by atoms with Crippen LogP contribution < -0.4 is 0 Å². The Kier molecular flexibility index (Phi) is 0.745. The molecule has 0 rings (SSSR count). The summed E-state index contributed by atoms with van der Waals surface area (Å²) in [5.41, 5.74) is 0. The van der Waals surface area contributed by atoms with Crippen LogP contribution in [0.1, 0.15) is 63.9 Å². The molecule has 0 aromatic rings. The summed E-state index contributed by atoms with van der Waals surface area (Å²) < 4.78 is 135. The fraction of sp³-hybridized carbons (Fsp3) is 1.00. The van der Waals surface area contributed by atoms with Gasteiger partial charge >= 0.3 is 0 Å². The molecule has 0 aromatic heterocycles. The van der Waals surface area contributed by atoms with Crippen molar-refractivity contribution in [2.45, 2.75) is 39.2 Å². The quantitative estimate of drug-likeness (QED) is 0.562. The van der Waals surface area contributed by atoms with Crippen LogP contribution in [0.15, 0.2) is 0 Å². The van der Waals surface area contributed by atoms with E-state index in [2.05, 4.69) is 4.74 Å². The first-order valence-electron chi connectivity index (χ1n) is 10.9. The minimum absolute atomic E-state index is 3.73. The van der Waals surface area contributed by atoms with Gasteiger partial charge in [-0.05, 0) is 12.7 Å². The highest BCUT2D eigenvalue weighted by molar-refractivity contribution is 4.33. The highest BCUT2D eigenvalue weighted by atomic mass is 16.5. The Balaban J connectivity index is 6.19. The number of hydrogen-bond acceptors (Lipinski definition) is 1. The zero-order valence-corrected chi connectivity index (χ0v) is 4.41. The van der Waals surface area contributed by atoms with Crippen molar-refractivity contribution in [3.05, 3.63) is 0 Å². The van der Waals surface area contributed by atoms with Crippen LogP contribution in [-0.2, 0) is 4.74 Å². The molecule has 0 fully saturated rings. The molecule has 0 atom stereocenters. The van der Waals surface area contributed by atoms with Crippen molar-refractivity contribution in [1.82, 2.24) is 0 Å². The maximum Gasteiger partial charge on any atom is 0.0567 e. The van der Waals surface area contributed by atoms with E-state index >= 15 is 0 Å². The third-order valence-electron chi connectivity index (χ3n) is 0.329. The largest absolute Gasteiger partial charge is 0.381 e.